The highest BCUT2D eigenvalue weighted by Gasteiger charge is 2.11. The van der Waals surface area contributed by atoms with E-state index in [4.69, 9.17) is 9.84 Å². The average Bonchev–Trinajstić information content (AvgIpc) is 2.46. The van der Waals surface area contributed by atoms with E-state index in [2.05, 4.69) is 10.3 Å². The van der Waals surface area contributed by atoms with Crippen LogP contribution in [0.5, 0.6) is 5.75 Å². The molecule has 1 heterocycles. The molecule has 0 aliphatic carbocycles. The zero-order valence-corrected chi connectivity index (χ0v) is 10.5. The van der Waals surface area contributed by atoms with Crippen LogP contribution >= 0.6 is 0 Å². The lowest BCUT2D eigenvalue weighted by molar-refractivity contribution is 0.0693. The summed E-state index contributed by atoms with van der Waals surface area (Å²) in [5, 5.41) is 12.3. The summed E-state index contributed by atoms with van der Waals surface area (Å²) in [5.41, 5.74) is 1.91. The minimum atomic E-state index is -1.000. The van der Waals surface area contributed by atoms with Gasteiger partial charge in [-0.2, -0.15) is 0 Å². The molecule has 0 bridgehead atoms. The van der Waals surface area contributed by atoms with E-state index in [1.807, 2.05) is 18.2 Å². The van der Waals surface area contributed by atoms with E-state index in [1.54, 1.807) is 24.5 Å². The minimum Gasteiger partial charge on any atom is -0.496 e. The number of anilines is 1. The molecule has 0 atom stereocenters. The molecule has 2 N–H and O–H groups in total. The van der Waals surface area contributed by atoms with Crippen molar-refractivity contribution in [1.29, 1.82) is 0 Å². The second-order valence-electron chi connectivity index (χ2n) is 3.94. The van der Waals surface area contributed by atoms with Crippen LogP contribution in [0.2, 0.25) is 0 Å². The topological polar surface area (TPSA) is 71.5 Å². The molecule has 0 saturated carbocycles. The number of carboxylic acids is 1. The van der Waals surface area contributed by atoms with Crippen LogP contribution < -0.4 is 10.1 Å². The van der Waals surface area contributed by atoms with Gasteiger partial charge in [-0.1, -0.05) is 6.07 Å². The SMILES string of the molecule is COc1ccc(CNc2cccnc2)cc1C(=O)O. The first-order valence-corrected chi connectivity index (χ1v) is 5.75. The molecule has 0 unspecified atom stereocenters. The van der Waals surface area contributed by atoms with Crippen molar-refractivity contribution in [1.82, 2.24) is 4.98 Å². The summed E-state index contributed by atoms with van der Waals surface area (Å²) in [6.45, 7) is 0.524. The Morgan fingerprint density at radius 2 is 2.26 bits per heavy atom. The molecule has 0 radical (unpaired) electrons. The molecule has 0 amide bonds. The Labute approximate surface area is 110 Å². The van der Waals surface area contributed by atoms with Crippen molar-refractivity contribution >= 4 is 11.7 Å². The molecule has 0 saturated heterocycles. The standard InChI is InChI=1S/C14H14N2O3/c1-19-13-5-4-10(7-12(13)14(17)18)8-16-11-3-2-6-15-9-11/h2-7,9,16H,8H2,1H3,(H,17,18). The van der Waals surface area contributed by atoms with Crippen molar-refractivity contribution in [3.05, 3.63) is 53.9 Å². The first-order chi connectivity index (χ1) is 9.20. The molecular weight excluding hydrogens is 244 g/mol. The van der Waals surface area contributed by atoms with Crippen molar-refractivity contribution in [2.75, 3.05) is 12.4 Å². The third-order valence-electron chi connectivity index (χ3n) is 2.65. The number of aromatic nitrogens is 1. The van der Waals surface area contributed by atoms with E-state index in [9.17, 15) is 4.79 Å². The number of ether oxygens (including phenoxy) is 1. The lowest BCUT2D eigenvalue weighted by atomic mass is 10.1. The summed E-state index contributed by atoms with van der Waals surface area (Å²) in [7, 11) is 1.45. The molecule has 5 heteroatoms. The van der Waals surface area contributed by atoms with Gasteiger partial charge in [0.25, 0.3) is 0 Å². The van der Waals surface area contributed by atoms with E-state index in [0.717, 1.165) is 11.3 Å². The van der Waals surface area contributed by atoms with Crippen molar-refractivity contribution in [3.63, 3.8) is 0 Å². The van der Waals surface area contributed by atoms with Gasteiger partial charge in [-0.15, -0.1) is 0 Å². The molecule has 2 rings (SSSR count). The number of benzene rings is 1. The van der Waals surface area contributed by atoms with E-state index in [1.165, 1.54) is 7.11 Å². The van der Waals surface area contributed by atoms with E-state index >= 15 is 0 Å². The van der Waals surface area contributed by atoms with Crippen molar-refractivity contribution < 1.29 is 14.6 Å². The highest BCUT2D eigenvalue weighted by molar-refractivity contribution is 5.91. The fraction of sp³-hybridized carbons (Fsp3) is 0.143. The monoisotopic (exact) mass is 258 g/mol. The summed E-state index contributed by atoms with van der Waals surface area (Å²) >= 11 is 0. The Hall–Kier alpha value is -2.56. The zero-order chi connectivity index (χ0) is 13.7. The summed E-state index contributed by atoms with van der Waals surface area (Å²) in [6.07, 6.45) is 3.41. The van der Waals surface area contributed by atoms with E-state index < -0.39 is 5.97 Å². The predicted octanol–water partition coefficient (Wildman–Crippen LogP) is 2.40. The number of methoxy groups -OCH3 is 1. The zero-order valence-electron chi connectivity index (χ0n) is 10.5. The first kappa shape index (κ1) is 12.9. The molecule has 1 aromatic heterocycles. The summed E-state index contributed by atoms with van der Waals surface area (Å²) in [6, 6.07) is 8.82. The van der Waals surface area contributed by atoms with Crippen LogP contribution in [-0.2, 0) is 6.54 Å². The number of nitrogens with zero attached hydrogens (tertiary/aromatic N) is 1. The van der Waals surface area contributed by atoms with Gasteiger partial charge in [-0.25, -0.2) is 4.79 Å². The van der Waals surface area contributed by atoms with Gasteiger partial charge in [0.2, 0.25) is 0 Å². The quantitative estimate of drug-likeness (QED) is 0.861. The maximum Gasteiger partial charge on any atom is 0.339 e. The van der Waals surface area contributed by atoms with Gasteiger partial charge in [0, 0.05) is 18.9 Å². The van der Waals surface area contributed by atoms with Crippen molar-refractivity contribution in [3.8, 4) is 5.75 Å². The number of hydrogen-bond donors (Lipinski definition) is 2. The fourth-order valence-corrected chi connectivity index (χ4v) is 1.70. The summed E-state index contributed by atoms with van der Waals surface area (Å²) < 4.78 is 5.01. The first-order valence-electron chi connectivity index (χ1n) is 5.75. The van der Waals surface area contributed by atoms with Gasteiger partial charge in [-0.05, 0) is 29.8 Å². The number of hydrogen-bond acceptors (Lipinski definition) is 4. The summed E-state index contributed by atoms with van der Waals surface area (Å²) in [4.78, 5) is 15.1. The van der Waals surface area contributed by atoms with Crippen molar-refractivity contribution in [2.45, 2.75) is 6.54 Å². The largest absolute Gasteiger partial charge is 0.496 e. The van der Waals surface area contributed by atoms with Gasteiger partial charge in [0.05, 0.1) is 12.8 Å². The van der Waals surface area contributed by atoms with Crippen LogP contribution in [0.4, 0.5) is 5.69 Å². The Bertz CT molecular complexity index is 570. The Morgan fingerprint density at radius 1 is 1.42 bits per heavy atom. The van der Waals surface area contributed by atoms with Gasteiger partial charge in [-0.3, -0.25) is 4.98 Å². The van der Waals surface area contributed by atoms with Gasteiger partial charge < -0.3 is 15.2 Å². The normalized spacial score (nSPS) is 9.95. The van der Waals surface area contributed by atoms with Gasteiger partial charge in [0.15, 0.2) is 0 Å². The number of pyridine rings is 1. The van der Waals surface area contributed by atoms with Gasteiger partial charge >= 0.3 is 5.97 Å². The molecule has 0 aliphatic rings. The van der Waals surface area contributed by atoms with Crippen LogP contribution in [0.25, 0.3) is 0 Å². The highest BCUT2D eigenvalue weighted by atomic mass is 16.5. The second-order valence-corrected chi connectivity index (χ2v) is 3.94. The number of nitrogens with one attached hydrogen (secondary N) is 1. The molecular formula is C14H14N2O3. The second kappa shape index (κ2) is 5.86. The molecule has 5 nitrogen and oxygen atoms in total. The molecule has 0 spiro atoms. The Morgan fingerprint density at radius 3 is 2.89 bits per heavy atom. The molecule has 0 fully saturated rings. The number of rotatable bonds is 5. The average molecular weight is 258 g/mol. The van der Waals surface area contributed by atoms with Crippen LogP contribution in [0.1, 0.15) is 15.9 Å². The molecule has 2 aromatic rings. The van der Waals surface area contributed by atoms with Crippen LogP contribution in [0.3, 0.4) is 0 Å². The Kier molecular flexibility index (Phi) is 3.97. The maximum atomic E-state index is 11.1. The smallest absolute Gasteiger partial charge is 0.339 e. The third-order valence-corrected chi connectivity index (χ3v) is 2.65. The molecule has 1 aromatic carbocycles. The fourth-order valence-electron chi connectivity index (χ4n) is 1.70. The van der Waals surface area contributed by atoms with E-state index in [-0.39, 0.29) is 5.56 Å². The predicted molar refractivity (Wildman–Crippen MR) is 71.5 cm³/mol. The molecule has 0 aliphatic heterocycles. The molecule has 19 heavy (non-hydrogen) atoms. The lowest BCUT2D eigenvalue weighted by Crippen LogP contribution is -2.04. The lowest BCUT2D eigenvalue weighted by Gasteiger charge is -2.09. The summed E-state index contributed by atoms with van der Waals surface area (Å²) in [5.74, 6) is -0.641. The number of aromatic carboxylic acids is 1. The van der Waals surface area contributed by atoms with Crippen LogP contribution in [0, 0.1) is 0 Å². The third kappa shape index (κ3) is 3.22. The van der Waals surface area contributed by atoms with Crippen molar-refractivity contribution in [2.24, 2.45) is 0 Å². The van der Waals surface area contributed by atoms with Crippen LogP contribution in [0.15, 0.2) is 42.7 Å². The highest BCUT2D eigenvalue weighted by Crippen LogP contribution is 2.20. The van der Waals surface area contributed by atoms with Crippen LogP contribution in [-0.4, -0.2) is 23.2 Å². The number of carbonyl (C=O) groups is 1. The van der Waals surface area contributed by atoms with Gasteiger partial charge in [0.1, 0.15) is 11.3 Å². The number of carboxylic acid groups (broad SMARTS) is 1. The Balaban J connectivity index is 2.13. The minimum absolute atomic E-state index is 0.160. The molecule has 98 valence electrons. The maximum absolute atomic E-state index is 11.1. The van der Waals surface area contributed by atoms with E-state index in [0.29, 0.717) is 12.3 Å².